The van der Waals surface area contributed by atoms with Gasteiger partial charge < -0.3 is 0 Å². The van der Waals surface area contributed by atoms with E-state index in [1.54, 1.807) is 4.24 Å². The molecule has 0 saturated heterocycles. The summed E-state index contributed by atoms with van der Waals surface area (Å²) < 4.78 is 52.1. The van der Waals surface area contributed by atoms with Crippen molar-refractivity contribution in [2.45, 2.75) is 19.4 Å². The van der Waals surface area contributed by atoms with Crippen molar-refractivity contribution in [3.8, 4) is 5.69 Å². The van der Waals surface area contributed by atoms with Crippen LogP contribution < -0.4 is 9.93 Å². The quantitative estimate of drug-likeness (QED) is 0.673. The minimum atomic E-state index is -3.63. The van der Waals surface area contributed by atoms with Crippen LogP contribution in [0.3, 0.4) is 0 Å². The van der Waals surface area contributed by atoms with E-state index in [1.807, 2.05) is 0 Å². The fourth-order valence-corrected chi connectivity index (χ4v) is 2.76. The topological polar surface area (TPSA) is 98.9 Å². The zero-order chi connectivity index (χ0) is 17.7. The summed E-state index contributed by atoms with van der Waals surface area (Å²) in [6, 6.07) is 3.79. The maximum absolute atomic E-state index is 14.0. The lowest BCUT2D eigenvalue weighted by atomic mass is 10.1. The first-order valence-corrected chi connectivity index (χ1v) is 8.88. The van der Waals surface area contributed by atoms with Gasteiger partial charge in [0.2, 0.25) is 10.0 Å². The molecule has 24 heavy (non-hydrogen) atoms. The Morgan fingerprint density at radius 1 is 1.29 bits per heavy atom. The largest absolute Gasteiger partial charge is 0.368 e. The van der Waals surface area contributed by atoms with Crippen molar-refractivity contribution in [3.63, 3.8) is 0 Å². The van der Waals surface area contributed by atoms with Crippen molar-refractivity contribution in [1.29, 1.82) is 0 Å². The Morgan fingerprint density at radius 2 is 2.04 bits per heavy atom. The van der Waals surface area contributed by atoms with Gasteiger partial charge in [-0.1, -0.05) is 6.07 Å². The molecule has 0 fully saturated rings. The van der Waals surface area contributed by atoms with Crippen LogP contribution in [0.1, 0.15) is 12.0 Å². The van der Waals surface area contributed by atoms with Gasteiger partial charge in [-0.3, -0.25) is 4.39 Å². The van der Waals surface area contributed by atoms with E-state index in [9.17, 15) is 22.0 Å². The van der Waals surface area contributed by atoms with Crippen molar-refractivity contribution >= 4 is 21.8 Å². The van der Waals surface area contributed by atoms with Crippen molar-refractivity contribution in [3.05, 3.63) is 40.1 Å². The molecule has 0 saturated carbocycles. The van der Waals surface area contributed by atoms with Gasteiger partial charge in [-0.2, -0.15) is 9.36 Å². The average molecular weight is 382 g/mol. The van der Waals surface area contributed by atoms with Gasteiger partial charge in [0, 0.05) is 0 Å². The second-order valence-corrected chi connectivity index (χ2v) is 7.13. The SMILES string of the molecule is O=c1n(CCCF)nnn1-c1cc(CCS(=O)(=O)NCl)ccc1F. The fourth-order valence-electron chi connectivity index (χ4n) is 1.94. The number of sulfonamides is 1. The predicted molar refractivity (Wildman–Crippen MR) is 82.6 cm³/mol. The van der Waals surface area contributed by atoms with E-state index in [0.717, 1.165) is 15.4 Å². The van der Waals surface area contributed by atoms with E-state index in [2.05, 4.69) is 10.4 Å². The number of benzene rings is 1. The second kappa shape index (κ2) is 7.81. The molecule has 0 bridgehead atoms. The number of hydrogen-bond acceptors (Lipinski definition) is 5. The molecule has 0 radical (unpaired) electrons. The lowest BCUT2D eigenvalue weighted by Gasteiger charge is -2.06. The zero-order valence-electron chi connectivity index (χ0n) is 12.3. The lowest BCUT2D eigenvalue weighted by molar-refractivity contribution is 0.427. The molecule has 0 aliphatic rings. The van der Waals surface area contributed by atoms with Crippen LogP contribution in [-0.4, -0.2) is 40.6 Å². The summed E-state index contributed by atoms with van der Waals surface area (Å²) >= 11 is 5.09. The molecule has 132 valence electrons. The molecule has 2 aromatic rings. The Labute approximate surface area is 141 Å². The molecule has 1 heterocycles. The fraction of sp³-hybridized carbons (Fsp3) is 0.417. The van der Waals surface area contributed by atoms with Crippen LogP contribution in [0.25, 0.3) is 5.69 Å². The van der Waals surface area contributed by atoms with Crippen LogP contribution >= 0.6 is 11.8 Å². The molecule has 0 aliphatic heterocycles. The molecule has 8 nitrogen and oxygen atoms in total. The molecule has 0 aliphatic carbocycles. The first-order valence-electron chi connectivity index (χ1n) is 6.85. The van der Waals surface area contributed by atoms with Gasteiger partial charge in [-0.25, -0.2) is 17.6 Å². The molecule has 2 rings (SSSR count). The summed E-state index contributed by atoms with van der Waals surface area (Å²) in [4.78, 5) is 12.1. The Morgan fingerprint density at radius 3 is 2.71 bits per heavy atom. The van der Waals surface area contributed by atoms with Crippen LogP contribution in [-0.2, 0) is 23.0 Å². The van der Waals surface area contributed by atoms with E-state index < -0.39 is 28.2 Å². The third-order valence-corrected chi connectivity index (χ3v) is 4.84. The van der Waals surface area contributed by atoms with Crippen LogP contribution in [0.5, 0.6) is 0 Å². The number of tetrazole rings is 1. The number of aromatic nitrogens is 4. The third-order valence-electron chi connectivity index (χ3n) is 3.16. The van der Waals surface area contributed by atoms with Gasteiger partial charge in [0.1, 0.15) is 11.5 Å². The number of hydrogen-bond donors (Lipinski definition) is 1. The van der Waals surface area contributed by atoms with Crippen molar-refractivity contribution in [2.75, 3.05) is 12.4 Å². The monoisotopic (exact) mass is 381 g/mol. The van der Waals surface area contributed by atoms with E-state index in [4.69, 9.17) is 11.8 Å². The van der Waals surface area contributed by atoms with Crippen molar-refractivity contribution in [1.82, 2.24) is 24.0 Å². The Balaban J connectivity index is 2.29. The Bertz CT molecular complexity index is 868. The summed E-state index contributed by atoms with van der Waals surface area (Å²) in [5, 5.41) is 7.13. The van der Waals surface area contributed by atoms with Crippen LogP contribution in [0.4, 0.5) is 8.78 Å². The van der Waals surface area contributed by atoms with E-state index in [0.29, 0.717) is 5.56 Å². The number of halogens is 3. The van der Waals surface area contributed by atoms with Crippen LogP contribution in [0.2, 0.25) is 0 Å². The summed E-state index contributed by atoms with van der Waals surface area (Å²) in [5.74, 6) is -1.03. The number of alkyl halides is 1. The predicted octanol–water partition coefficient (Wildman–Crippen LogP) is 0.543. The van der Waals surface area contributed by atoms with Crippen LogP contribution in [0.15, 0.2) is 23.0 Å². The minimum absolute atomic E-state index is 0.0241. The van der Waals surface area contributed by atoms with Gasteiger partial charge in [-0.15, -0.1) is 4.24 Å². The highest BCUT2D eigenvalue weighted by Crippen LogP contribution is 2.14. The molecule has 12 heteroatoms. The van der Waals surface area contributed by atoms with E-state index >= 15 is 0 Å². The molecule has 0 spiro atoms. The van der Waals surface area contributed by atoms with E-state index in [-0.39, 0.29) is 30.8 Å². The molecule has 1 N–H and O–H groups in total. The minimum Gasteiger partial charge on any atom is -0.251 e. The summed E-state index contributed by atoms with van der Waals surface area (Å²) in [7, 11) is -3.63. The summed E-state index contributed by atoms with van der Waals surface area (Å²) in [6.07, 6.45) is 0.143. The highest BCUT2D eigenvalue weighted by Gasteiger charge is 2.15. The maximum Gasteiger partial charge on any atom is 0.368 e. The Kier molecular flexibility index (Phi) is 6.02. The molecule has 1 aromatic carbocycles. The number of rotatable bonds is 8. The molecule has 1 aromatic heterocycles. The molecular weight excluding hydrogens is 368 g/mol. The van der Waals surface area contributed by atoms with Crippen LogP contribution in [0, 0.1) is 5.82 Å². The van der Waals surface area contributed by atoms with Gasteiger partial charge in [0.25, 0.3) is 0 Å². The third kappa shape index (κ3) is 4.36. The zero-order valence-corrected chi connectivity index (χ0v) is 13.9. The molecule has 0 amide bonds. The van der Waals surface area contributed by atoms with Gasteiger partial charge >= 0.3 is 5.69 Å². The average Bonchev–Trinajstić information content (AvgIpc) is 2.93. The van der Waals surface area contributed by atoms with Crippen molar-refractivity contribution in [2.24, 2.45) is 0 Å². The highest BCUT2D eigenvalue weighted by atomic mass is 35.5. The second-order valence-electron chi connectivity index (χ2n) is 4.87. The lowest BCUT2D eigenvalue weighted by Crippen LogP contribution is -2.25. The molecule has 0 atom stereocenters. The summed E-state index contributed by atoms with van der Waals surface area (Å²) in [6.45, 7) is -0.595. The first kappa shape index (κ1) is 18.5. The first-order chi connectivity index (χ1) is 11.4. The Hall–Kier alpha value is -1.85. The molecule has 0 unspecified atom stereocenters. The number of nitrogens with zero attached hydrogens (tertiary/aromatic N) is 4. The van der Waals surface area contributed by atoms with Gasteiger partial charge in [0.15, 0.2) is 0 Å². The standard InChI is InChI=1S/C12H14ClF2N5O3S/c13-16-24(22,23)7-4-9-2-3-10(15)11(8-9)20-12(21)19(17-18-20)6-1-5-14/h2-3,8,16H,1,4-7H2. The van der Waals surface area contributed by atoms with Crippen molar-refractivity contribution < 1.29 is 17.2 Å². The van der Waals surface area contributed by atoms with Gasteiger partial charge in [0.05, 0.1) is 19.0 Å². The number of aryl methyl sites for hydroxylation is 2. The summed E-state index contributed by atoms with van der Waals surface area (Å²) in [5.41, 5.74) is -0.415. The van der Waals surface area contributed by atoms with Gasteiger partial charge in [-0.05, 0) is 52.7 Å². The number of nitrogens with one attached hydrogen (secondary N) is 1. The van der Waals surface area contributed by atoms with E-state index in [1.165, 1.54) is 12.1 Å². The molecular formula is C12H14ClF2N5O3S. The smallest absolute Gasteiger partial charge is 0.251 e. The maximum atomic E-state index is 14.0. The normalized spacial score (nSPS) is 11.8. The highest BCUT2D eigenvalue weighted by molar-refractivity contribution is 7.90.